The first kappa shape index (κ1) is 10.7. The predicted molar refractivity (Wildman–Crippen MR) is 52.7 cm³/mol. The summed E-state index contributed by atoms with van der Waals surface area (Å²) in [6.07, 6.45) is 1.62. The minimum atomic E-state index is -0.669. The fourth-order valence-corrected chi connectivity index (χ4v) is 2.57. The first-order valence-corrected chi connectivity index (χ1v) is 5.99. The molecule has 0 spiro atoms. The van der Waals surface area contributed by atoms with E-state index in [-0.39, 0.29) is 11.9 Å². The van der Waals surface area contributed by atoms with Crippen molar-refractivity contribution in [2.75, 3.05) is 11.5 Å². The Morgan fingerprint density at radius 1 is 1.54 bits per heavy atom. The molecule has 5 heteroatoms. The minimum Gasteiger partial charge on any atom is -0.352 e. The van der Waals surface area contributed by atoms with Crippen molar-refractivity contribution in [1.29, 1.82) is 0 Å². The van der Waals surface area contributed by atoms with Gasteiger partial charge in [0.1, 0.15) is 0 Å². The molecule has 3 N–H and O–H groups in total. The summed E-state index contributed by atoms with van der Waals surface area (Å²) in [6, 6.07) is -0.274. The van der Waals surface area contributed by atoms with Crippen LogP contribution in [0.5, 0.6) is 0 Å². The molecule has 0 aromatic rings. The highest BCUT2D eigenvalue weighted by atomic mass is 32.2. The van der Waals surface area contributed by atoms with Gasteiger partial charge in [-0.05, 0) is 19.8 Å². The van der Waals surface area contributed by atoms with Crippen LogP contribution in [0, 0.1) is 0 Å². The predicted octanol–water partition coefficient (Wildman–Crippen LogP) is -0.639. The van der Waals surface area contributed by atoms with E-state index in [1.165, 1.54) is 0 Å². The topological polar surface area (TPSA) is 72.2 Å². The van der Waals surface area contributed by atoms with Crippen molar-refractivity contribution >= 4 is 16.7 Å². The molecule has 0 aliphatic carbocycles. The van der Waals surface area contributed by atoms with Gasteiger partial charge >= 0.3 is 0 Å². The van der Waals surface area contributed by atoms with Crippen LogP contribution in [0.1, 0.15) is 19.8 Å². The SMILES string of the molecule is C[C@H](N)C(=O)NC1CCS(=O)CC1. The highest BCUT2D eigenvalue weighted by Gasteiger charge is 2.20. The second kappa shape index (κ2) is 4.72. The Hall–Kier alpha value is -0.420. The maximum atomic E-state index is 11.2. The molecular formula is C8H16N2O2S. The van der Waals surface area contributed by atoms with Crippen LogP contribution in [-0.4, -0.2) is 33.7 Å². The molecule has 1 aliphatic rings. The van der Waals surface area contributed by atoms with E-state index < -0.39 is 16.8 Å². The summed E-state index contributed by atoms with van der Waals surface area (Å²) in [7, 11) is -0.669. The number of nitrogens with two attached hydrogens (primary N) is 1. The van der Waals surface area contributed by atoms with Crippen molar-refractivity contribution < 1.29 is 9.00 Å². The van der Waals surface area contributed by atoms with Crippen LogP contribution in [0.15, 0.2) is 0 Å². The zero-order chi connectivity index (χ0) is 9.84. The zero-order valence-corrected chi connectivity index (χ0v) is 8.60. The van der Waals surface area contributed by atoms with E-state index in [2.05, 4.69) is 5.32 Å². The maximum Gasteiger partial charge on any atom is 0.236 e. The van der Waals surface area contributed by atoms with Crippen molar-refractivity contribution in [3.63, 3.8) is 0 Å². The molecule has 0 saturated carbocycles. The highest BCUT2D eigenvalue weighted by molar-refractivity contribution is 7.85. The number of carbonyl (C=O) groups is 1. The maximum absolute atomic E-state index is 11.2. The Labute approximate surface area is 80.7 Å². The highest BCUT2D eigenvalue weighted by Crippen LogP contribution is 2.08. The number of hydrogen-bond acceptors (Lipinski definition) is 3. The van der Waals surface area contributed by atoms with Crippen molar-refractivity contribution in [1.82, 2.24) is 5.32 Å². The summed E-state index contributed by atoms with van der Waals surface area (Å²) in [6.45, 7) is 1.66. The summed E-state index contributed by atoms with van der Waals surface area (Å²) < 4.78 is 11.0. The Bertz CT molecular complexity index is 208. The Kier molecular flexibility index (Phi) is 3.87. The van der Waals surface area contributed by atoms with Gasteiger partial charge in [0.2, 0.25) is 5.91 Å². The molecule has 0 radical (unpaired) electrons. The molecule has 0 bridgehead atoms. The molecule has 1 heterocycles. The van der Waals surface area contributed by atoms with Crippen LogP contribution in [0.25, 0.3) is 0 Å². The normalized spacial score (nSPS) is 30.9. The molecule has 76 valence electrons. The summed E-state index contributed by atoms with van der Waals surface area (Å²) in [5.41, 5.74) is 5.41. The van der Waals surface area contributed by atoms with E-state index in [0.29, 0.717) is 11.5 Å². The quantitative estimate of drug-likeness (QED) is 0.628. The molecule has 1 amide bonds. The van der Waals surface area contributed by atoms with Gasteiger partial charge in [-0.15, -0.1) is 0 Å². The van der Waals surface area contributed by atoms with Gasteiger partial charge in [0.25, 0.3) is 0 Å². The van der Waals surface area contributed by atoms with Crippen molar-refractivity contribution in [3.8, 4) is 0 Å². The van der Waals surface area contributed by atoms with Gasteiger partial charge in [-0.2, -0.15) is 0 Å². The van der Waals surface area contributed by atoms with E-state index in [0.717, 1.165) is 12.8 Å². The molecule has 1 atom stereocenters. The van der Waals surface area contributed by atoms with Crippen LogP contribution in [0.3, 0.4) is 0 Å². The standard InChI is InChI=1S/C8H16N2O2S/c1-6(9)8(11)10-7-2-4-13(12)5-3-7/h6-7H,2-5,9H2,1H3,(H,10,11)/t6-,7?,13?/m0/s1. The second-order valence-electron chi connectivity index (χ2n) is 3.42. The Balaban J connectivity index is 2.30. The lowest BCUT2D eigenvalue weighted by atomic mass is 10.1. The van der Waals surface area contributed by atoms with Gasteiger partial charge in [-0.25, -0.2) is 0 Å². The van der Waals surface area contributed by atoms with E-state index in [4.69, 9.17) is 5.73 Å². The van der Waals surface area contributed by atoms with Crippen LogP contribution >= 0.6 is 0 Å². The van der Waals surface area contributed by atoms with Gasteiger partial charge in [-0.1, -0.05) is 0 Å². The third kappa shape index (κ3) is 3.44. The number of rotatable bonds is 2. The Morgan fingerprint density at radius 3 is 2.54 bits per heavy atom. The van der Waals surface area contributed by atoms with Crippen LogP contribution in [0.2, 0.25) is 0 Å². The van der Waals surface area contributed by atoms with Crippen molar-refractivity contribution in [2.45, 2.75) is 31.8 Å². The summed E-state index contributed by atoms with van der Waals surface area (Å²) >= 11 is 0. The number of amides is 1. The molecule has 1 saturated heterocycles. The first-order chi connectivity index (χ1) is 6.09. The summed E-state index contributed by atoms with van der Waals surface area (Å²) in [5.74, 6) is 1.28. The van der Waals surface area contributed by atoms with Crippen LogP contribution in [0.4, 0.5) is 0 Å². The van der Waals surface area contributed by atoms with Crippen molar-refractivity contribution in [2.24, 2.45) is 5.73 Å². The largest absolute Gasteiger partial charge is 0.352 e. The van der Waals surface area contributed by atoms with Gasteiger partial charge in [0.05, 0.1) is 6.04 Å². The number of carbonyl (C=O) groups excluding carboxylic acids is 1. The lowest BCUT2D eigenvalue weighted by Crippen LogP contribution is -2.46. The molecule has 1 fully saturated rings. The van der Waals surface area contributed by atoms with Gasteiger partial charge in [0.15, 0.2) is 0 Å². The lowest BCUT2D eigenvalue weighted by molar-refractivity contribution is -0.122. The molecule has 4 nitrogen and oxygen atoms in total. The summed E-state index contributed by atoms with van der Waals surface area (Å²) in [5, 5.41) is 2.84. The molecular weight excluding hydrogens is 188 g/mol. The van der Waals surface area contributed by atoms with E-state index in [1.54, 1.807) is 6.92 Å². The molecule has 0 unspecified atom stereocenters. The minimum absolute atomic E-state index is 0.113. The van der Waals surface area contributed by atoms with E-state index in [1.807, 2.05) is 0 Å². The summed E-state index contributed by atoms with van der Waals surface area (Å²) in [4.78, 5) is 11.2. The molecule has 1 rings (SSSR count). The van der Waals surface area contributed by atoms with Crippen LogP contribution < -0.4 is 11.1 Å². The average Bonchev–Trinajstić information content (AvgIpc) is 2.08. The lowest BCUT2D eigenvalue weighted by Gasteiger charge is -2.23. The Morgan fingerprint density at radius 2 is 2.08 bits per heavy atom. The van der Waals surface area contributed by atoms with Crippen LogP contribution in [-0.2, 0) is 15.6 Å². The van der Waals surface area contributed by atoms with Gasteiger partial charge < -0.3 is 11.1 Å². The fourth-order valence-electron chi connectivity index (χ4n) is 1.27. The van der Waals surface area contributed by atoms with Crippen molar-refractivity contribution in [3.05, 3.63) is 0 Å². The van der Waals surface area contributed by atoms with Gasteiger partial charge in [-0.3, -0.25) is 9.00 Å². The zero-order valence-electron chi connectivity index (χ0n) is 7.79. The van der Waals surface area contributed by atoms with E-state index >= 15 is 0 Å². The second-order valence-corrected chi connectivity index (χ2v) is 5.12. The fraction of sp³-hybridized carbons (Fsp3) is 0.875. The monoisotopic (exact) mass is 204 g/mol. The molecule has 1 aliphatic heterocycles. The van der Waals surface area contributed by atoms with E-state index in [9.17, 15) is 9.00 Å². The smallest absolute Gasteiger partial charge is 0.236 e. The first-order valence-electron chi connectivity index (χ1n) is 4.50. The number of hydrogen-bond donors (Lipinski definition) is 2. The number of nitrogens with one attached hydrogen (secondary N) is 1. The molecule has 13 heavy (non-hydrogen) atoms. The molecule has 0 aromatic carbocycles. The third-order valence-electron chi connectivity index (χ3n) is 2.15. The average molecular weight is 204 g/mol. The van der Waals surface area contributed by atoms with Gasteiger partial charge in [0, 0.05) is 28.3 Å². The molecule has 0 aromatic heterocycles. The third-order valence-corrected chi connectivity index (χ3v) is 3.53.